The van der Waals surface area contributed by atoms with Crippen molar-refractivity contribution in [1.82, 2.24) is 15.3 Å². The minimum atomic E-state index is 0.161. The van der Waals surface area contributed by atoms with E-state index in [1.165, 1.54) is 0 Å². The van der Waals surface area contributed by atoms with Gasteiger partial charge < -0.3 is 10.1 Å². The van der Waals surface area contributed by atoms with Gasteiger partial charge in [0, 0.05) is 52.3 Å². The molecule has 0 amide bonds. The van der Waals surface area contributed by atoms with Gasteiger partial charge in [-0.05, 0) is 48.5 Å². The standard InChI is InChI=1S/C16H20BrN3O/c1-10-7-20-14(11(2)16(10)21-4)6-15(18-3)12-5-13(17)9-19-8-12/h5,7-9,15,18H,6H2,1-4H3. The van der Waals surface area contributed by atoms with Gasteiger partial charge in [-0.1, -0.05) is 0 Å². The van der Waals surface area contributed by atoms with E-state index in [4.69, 9.17) is 4.74 Å². The molecule has 2 heterocycles. The Balaban J connectivity index is 2.31. The van der Waals surface area contributed by atoms with Crippen LogP contribution in [0.4, 0.5) is 0 Å². The zero-order valence-electron chi connectivity index (χ0n) is 12.8. The van der Waals surface area contributed by atoms with Crippen molar-refractivity contribution in [2.24, 2.45) is 0 Å². The number of rotatable bonds is 5. The lowest BCUT2D eigenvalue weighted by molar-refractivity contribution is 0.406. The minimum absolute atomic E-state index is 0.161. The zero-order chi connectivity index (χ0) is 15.4. The topological polar surface area (TPSA) is 47.0 Å². The first kappa shape index (κ1) is 15.9. The lowest BCUT2D eigenvalue weighted by Crippen LogP contribution is -2.20. The van der Waals surface area contributed by atoms with E-state index in [1.54, 1.807) is 13.3 Å². The summed E-state index contributed by atoms with van der Waals surface area (Å²) in [4.78, 5) is 8.80. The second-order valence-electron chi connectivity index (χ2n) is 5.03. The Morgan fingerprint density at radius 3 is 2.67 bits per heavy atom. The molecule has 1 atom stereocenters. The number of hydrogen-bond donors (Lipinski definition) is 1. The predicted octanol–water partition coefficient (Wildman–Crippen LogP) is 3.37. The molecule has 112 valence electrons. The van der Waals surface area contributed by atoms with Crippen molar-refractivity contribution >= 4 is 15.9 Å². The summed E-state index contributed by atoms with van der Waals surface area (Å²) in [7, 11) is 3.65. The van der Waals surface area contributed by atoms with E-state index in [-0.39, 0.29) is 6.04 Å². The number of likely N-dealkylation sites (N-methyl/N-ethyl adjacent to an activating group) is 1. The van der Waals surface area contributed by atoms with Crippen LogP contribution in [-0.4, -0.2) is 24.1 Å². The van der Waals surface area contributed by atoms with Crippen LogP contribution >= 0.6 is 15.9 Å². The molecule has 0 bridgehead atoms. The summed E-state index contributed by atoms with van der Waals surface area (Å²) in [5.41, 5.74) is 4.33. The van der Waals surface area contributed by atoms with Gasteiger partial charge in [-0.25, -0.2) is 0 Å². The molecule has 0 aliphatic rings. The maximum Gasteiger partial charge on any atom is 0.128 e. The van der Waals surface area contributed by atoms with Crippen LogP contribution in [0.15, 0.2) is 29.1 Å². The largest absolute Gasteiger partial charge is 0.496 e. The summed E-state index contributed by atoms with van der Waals surface area (Å²) < 4.78 is 6.45. The predicted molar refractivity (Wildman–Crippen MR) is 87.7 cm³/mol. The van der Waals surface area contributed by atoms with Gasteiger partial charge in [0.2, 0.25) is 0 Å². The summed E-state index contributed by atoms with van der Waals surface area (Å²) in [5.74, 6) is 0.919. The number of nitrogens with one attached hydrogen (secondary N) is 1. The quantitative estimate of drug-likeness (QED) is 0.898. The summed E-state index contributed by atoms with van der Waals surface area (Å²) in [6.45, 7) is 4.07. The van der Waals surface area contributed by atoms with E-state index in [2.05, 4.69) is 44.2 Å². The number of aryl methyl sites for hydroxylation is 1. The number of halogens is 1. The Hall–Kier alpha value is -1.46. The highest BCUT2D eigenvalue weighted by atomic mass is 79.9. The fraction of sp³-hybridized carbons (Fsp3) is 0.375. The number of methoxy groups -OCH3 is 1. The molecule has 1 N–H and O–H groups in total. The van der Waals surface area contributed by atoms with E-state index in [1.807, 2.05) is 26.4 Å². The lowest BCUT2D eigenvalue weighted by Gasteiger charge is -2.19. The van der Waals surface area contributed by atoms with Crippen LogP contribution in [0.1, 0.15) is 28.4 Å². The average molecular weight is 350 g/mol. The molecule has 2 rings (SSSR count). The first-order valence-corrected chi connectivity index (χ1v) is 7.63. The number of aromatic nitrogens is 2. The SMILES string of the molecule is CNC(Cc1ncc(C)c(OC)c1C)c1cncc(Br)c1. The lowest BCUT2D eigenvalue weighted by atomic mass is 10.00. The molecule has 1 unspecified atom stereocenters. The number of pyridine rings is 2. The maximum absolute atomic E-state index is 5.48. The molecular formula is C16H20BrN3O. The van der Waals surface area contributed by atoms with Crippen molar-refractivity contribution in [1.29, 1.82) is 0 Å². The van der Waals surface area contributed by atoms with Gasteiger partial charge in [0.1, 0.15) is 5.75 Å². The molecule has 21 heavy (non-hydrogen) atoms. The number of ether oxygens (including phenoxy) is 1. The highest BCUT2D eigenvalue weighted by Gasteiger charge is 2.16. The summed E-state index contributed by atoms with van der Waals surface area (Å²) in [6, 6.07) is 2.24. The fourth-order valence-electron chi connectivity index (χ4n) is 2.48. The first-order chi connectivity index (χ1) is 10.1. The molecule has 4 nitrogen and oxygen atoms in total. The Bertz CT molecular complexity index is 631. The van der Waals surface area contributed by atoms with Crippen molar-refractivity contribution in [3.63, 3.8) is 0 Å². The molecule has 0 saturated heterocycles. The maximum atomic E-state index is 5.48. The minimum Gasteiger partial charge on any atom is -0.496 e. The van der Waals surface area contributed by atoms with Crippen LogP contribution in [0.3, 0.4) is 0 Å². The summed E-state index contributed by atoms with van der Waals surface area (Å²) in [5, 5.41) is 3.33. The Labute approximate surface area is 134 Å². The van der Waals surface area contributed by atoms with Crippen LogP contribution < -0.4 is 10.1 Å². The number of nitrogens with zero attached hydrogens (tertiary/aromatic N) is 2. The fourth-order valence-corrected chi connectivity index (χ4v) is 2.86. The average Bonchev–Trinajstić information content (AvgIpc) is 2.47. The van der Waals surface area contributed by atoms with Crippen molar-refractivity contribution in [3.05, 3.63) is 51.5 Å². The normalized spacial score (nSPS) is 12.2. The molecule has 0 radical (unpaired) electrons. The molecular weight excluding hydrogens is 330 g/mol. The Morgan fingerprint density at radius 2 is 2.05 bits per heavy atom. The van der Waals surface area contributed by atoms with Crippen molar-refractivity contribution in [3.8, 4) is 5.75 Å². The monoisotopic (exact) mass is 349 g/mol. The van der Waals surface area contributed by atoms with Crippen LogP contribution in [-0.2, 0) is 6.42 Å². The van der Waals surface area contributed by atoms with Gasteiger partial charge in [-0.2, -0.15) is 0 Å². The molecule has 0 aromatic carbocycles. The van der Waals surface area contributed by atoms with Crippen molar-refractivity contribution < 1.29 is 4.74 Å². The smallest absolute Gasteiger partial charge is 0.128 e. The van der Waals surface area contributed by atoms with E-state index in [0.717, 1.165) is 39.0 Å². The van der Waals surface area contributed by atoms with Gasteiger partial charge in [0.15, 0.2) is 0 Å². The molecule has 2 aromatic heterocycles. The van der Waals surface area contributed by atoms with E-state index in [9.17, 15) is 0 Å². The molecule has 0 aliphatic carbocycles. The number of hydrogen-bond acceptors (Lipinski definition) is 4. The van der Waals surface area contributed by atoms with Crippen LogP contribution in [0.25, 0.3) is 0 Å². The molecule has 0 spiro atoms. The van der Waals surface area contributed by atoms with Crippen molar-refractivity contribution in [2.45, 2.75) is 26.3 Å². The van der Waals surface area contributed by atoms with Crippen LogP contribution in [0.5, 0.6) is 5.75 Å². The van der Waals surface area contributed by atoms with E-state index in [0.29, 0.717) is 0 Å². The van der Waals surface area contributed by atoms with Crippen LogP contribution in [0, 0.1) is 13.8 Å². The molecule has 0 fully saturated rings. The first-order valence-electron chi connectivity index (χ1n) is 6.83. The molecule has 0 aliphatic heterocycles. The van der Waals surface area contributed by atoms with E-state index < -0.39 is 0 Å². The third kappa shape index (κ3) is 3.60. The van der Waals surface area contributed by atoms with Crippen LogP contribution in [0.2, 0.25) is 0 Å². The van der Waals surface area contributed by atoms with Gasteiger partial charge in [0.25, 0.3) is 0 Å². The third-order valence-corrected chi connectivity index (χ3v) is 4.06. The van der Waals surface area contributed by atoms with Gasteiger partial charge in [-0.15, -0.1) is 0 Å². The summed E-state index contributed by atoms with van der Waals surface area (Å²) in [6.07, 6.45) is 6.32. The second kappa shape index (κ2) is 7.00. The third-order valence-electron chi connectivity index (χ3n) is 3.62. The highest BCUT2D eigenvalue weighted by molar-refractivity contribution is 9.10. The second-order valence-corrected chi connectivity index (χ2v) is 5.94. The molecule has 0 saturated carbocycles. The zero-order valence-corrected chi connectivity index (χ0v) is 14.4. The van der Waals surface area contributed by atoms with Gasteiger partial charge in [0.05, 0.1) is 7.11 Å². The van der Waals surface area contributed by atoms with Gasteiger partial charge >= 0.3 is 0 Å². The Morgan fingerprint density at radius 1 is 1.29 bits per heavy atom. The Kier molecular flexibility index (Phi) is 5.31. The highest BCUT2D eigenvalue weighted by Crippen LogP contribution is 2.27. The van der Waals surface area contributed by atoms with E-state index >= 15 is 0 Å². The molecule has 5 heteroatoms. The van der Waals surface area contributed by atoms with Gasteiger partial charge in [-0.3, -0.25) is 9.97 Å². The molecule has 2 aromatic rings. The summed E-state index contributed by atoms with van der Waals surface area (Å²) >= 11 is 3.47. The van der Waals surface area contributed by atoms with Crippen molar-refractivity contribution in [2.75, 3.05) is 14.2 Å².